The predicted octanol–water partition coefficient (Wildman–Crippen LogP) is 6.38. The highest BCUT2D eigenvalue weighted by Crippen LogP contribution is 2.40. The van der Waals surface area contributed by atoms with Crippen molar-refractivity contribution < 1.29 is 5.76 Å². The lowest BCUT2D eigenvalue weighted by Crippen LogP contribution is -1.91. The van der Waals surface area contributed by atoms with Crippen LogP contribution in [0.1, 0.15) is 26.7 Å². The molecule has 4 rings (SSSR count). The van der Waals surface area contributed by atoms with Crippen molar-refractivity contribution >= 4 is 31.5 Å². The van der Waals surface area contributed by atoms with Gasteiger partial charge in [0.1, 0.15) is 5.82 Å². The van der Waals surface area contributed by atoms with E-state index in [9.17, 15) is 4.39 Å². The summed E-state index contributed by atoms with van der Waals surface area (Å²) in [7, 11) is 0. The zero-order valence-electron chi connectivity index (χ0n) is 13.9. The number of halogens is 1. The van der Waals surface area contributed by atoms with Crippen LogP contribution in [0.15, 0.2) is 54.7 Å². The minimum Gasteiger partial charge on any atom is -0.256 e. The monoisotopic (exact) mass is 322 g/mol. The van der Waals surface area contributed by atoms with Crippen LogP contribution in [-0.4, -0.2) is 4.98 Å². The zero-order chi connectivity index (χ0) is 16.9. The summed E-state index contributed by atoms with van der Waals surface area (Å²) in [6.45, 7) is 3.71. The highest BCUT2D eigenvalue weighted by atomic mass is 32.1. The van der Waals surface area contributed by atoms with Crippen LogP contribution in [0.2, 0.25) is 0 Å². The Hall–Kier alpha value is -2.26. The SMILES string of the molecule is [2H]C(C)(C)c1ccnc(-c2ccc(F)c3c2sc2ccccc23)c1. The first-order valence-corrected chi connectivity index (χ1v) is 8.33. The predicted molar refractivity (Wildman–Crippen MR) is 96.6 cm³/mol. The molecule has 1 nitrogen and oxygen atoms in total. The molecule has 0 spiro atoms. The van der Waals surface area contributed by atoms with Crippen LogP contribution in [0.5, 0.6) is 0 Å². The van der Waals surface area contributed by atoms with E-state index in [0.717, 1.165) is 31.6 Å². The largest absolute Gasteiger partial charge is 0.256 e. The molecule has 0 aliphatic rings. The third kappa shape index (κ3) is 2.32. The summed E-state index contributed by atoms with van der Waals surface area (Å²) in [6, 6.07) is 15.0. The molecule has 0 saturated carbocycles. The van der Waals surface area contributed by atoms with E-state index >= 15 is 0 Å². The molecule has 0 fully saturated rings. The Balaban J connectivity index is 2.03. The average molecular weight is 322 g/mol. The maximum Gasteiger partial charge on any atom is 0.132 e. The van der Waals surface area contributed by atoms with Gasteiger partial charge < -0.3 is 0 Å². The lowest BCUT2D eigenvalue weighted by Gasteiger charge is -2.08. The first kappa shape index (κ1) is 13.2. The van der Waals surface area contributed by atoms with Crippen molar-refractivity contribution in [3.05, 3.63) is 66.1 Å². The molecule has 0 saturated heterocycles. The Kier molecular flexibility index (Phi) is 3.12. The number of nitrogens with zero attached hydrogens (tertiary/aromatic N) is 1. The molecule has 2 aromatic carbocycles. The second kappa shape index (κ2) is 5.43. The van der Waals surface area contributed by atoms with Crippen molar-refractivity contribution in [2.45, 2.75) is 19.7 Å². The molecule has 3 heteroatoms. The van der Waals surface area contributed by atoms with E-state index in [1.165, 1.54) is 6.07 Å². The topological polar surface area (TPSA) is 12.9 Å². The van der Waals surface area contributed by atoms with Gasteiger partial charge in [0.15, 0.2) is 0 Å². The van der Waals surface area contributed by atoms with E-state index in [4.69, 9.17) is 1.37 Å². The van der Waals surface area contributed by atoms with Crippen molar-refractivity contribution in [1.82, 2.24) is 4.98 Å². The molecule has 0 aliphatic carbocycles. The first-order valence-electron chi connectivity index (χ1n) is 8.02. The third-order valence-electron chi connectivity index (χ3n) is 4.09. The van der Waals surface area contributed by atoms with Crippen molar-refractivity contribution in [3.8, 4) is 11.3 Å². The van der Waals surface area contributed by atoms with E-state index in [1.54, 1.807) is 23.6 Å². The van der Waals surface area contributed by atoms with Crippen LogP contribution in [0.25, 0.3) is 31.4 Å². The number of thiophene rings is 1. The van der Waals surface area contributed by atoms with Gasteiger partial charge in [0.2, 0.25) is 0 Å². The number of hydrogen-bond donors (Lipinski definition) is 0. The Morgan fingerprint density at radius 3 is 2.78 bits per heavy atom. The van der Waals surface area contributed by atoms with E-state index in [0.29, 0.717) is 5.39 Å². The zero-order valence-corrected chi connectivity index (χ0v) is 13.7. The number of hydrogen-bond acceptors (Lipinski definition) is 2. The average Bonchev–Trinajstić information content (AvgIpc) is 2.95. The summed E-state index contributed by atoms with van der Waals surface area (Å²) in [4.78, 5) is 4.47. The van der Waals surface area contributed by atoms with Crippen molar-refractivity contribution in [1.29, 1.82) is 0 Å². The summed E-state index contributed by atoms with van der Waals surface area (Å²) < 4.78 is 24.7. The highest BCUT2D eigenvalue weighted by Gasteiger charge is 2.15. The molecule has 2 aromatic heterocycles. The molecule has 0 N–H and O–H groups in total. The molecule has 0 aliphatic heterocycles. The Bertz CT molecular complexity index is 1060. The molecule has 0 unspecified atom stereocenters. The molecule has 0 bridgehead atoms. The Morgan fingerprint density at radius 2 is 1.96 bits per heavy atom. The van der Waals surface area contributed by atoms with Gasteiger partial charge in [-0.1, -0.05) is 32.0 Å². The van der Waals surface area contributed by atoms with Gasteiger partial charge in [0.25, 0.3) is 0 Å². The normalized spacial score (nSPS) is 12.7. The van der Waals surface area contributed by atoms with Crippen LogP contribution >= 0.6 is 11.3 Å². The quantitative estimate of drug-likeness (QED) is 0.417. The fraction of sp³-hybridized carbons (Fsp3) is 0.150. The van der Waals surface area contributed by atoms with Crippen molar-refractivity contribution in [3.63, 3.8) is 0 Å². The van der Waals surface area contributed by atoms with E-state index < -0.39 is 5.89 Å². The van der Waals surface area contributed by atoms with Crippen LogP contribution < -0.4 is 0 Å². The Morgan fingerprint density at radius 1 is 1.13 bits per heavy atom. The molecule has 23 heavy (non-hydrogen) atoms. The fourth-order valence-corrected chi connectivity index (χ4v) is 4.12. The van der Waals surface area contributed by atoms with Crippen LogP contribution in [0.3, 0.4) is 0 Å². The van der Waals surface area contributed by atoms with Gasteiger partial charge in [-0.05, 0) is 41.8 Å². The molecule has 114 valence electrons. The van der Waals surface area contributed by atoms with E-state index in [-0.39, 0.29) is 5.82 Å². The lowest BCUT2D eigenvalue weighted by atomic mass is 10.0. The van der Waals surface area contributed by atoms with E-state index in [2.05, 4.69) is 4.98 Å². The third-order valence-corrected chi connectivity index (χ3v) is 5.29. The number of benzene rings is 2. The Labute approximate surface area is 139 Å². The second-order valence-electron chi connectivity index (χ2n) is 5.83. The van der Waals surface area contributed by atoms with Gasteiger partial charge in [-0.2, -0.15) is 0 Å². The van der Waals surface area contributed by atoms with Gasteiger partial charge >= 0.3 is 0 Å². The standard InChI is InChI=1S/C20H16FNS/c1-12(2)13-9-10-22-17(11-13)14-7-8-16(21)19-15-5-3-4-6-18(15)23-20(14)19/h3-12H,1-2H3/i12D. The molecule has 0 amide bonds. The minimum absolute atomic E-state index is 0.205. The summed E-state index contributed by atoms with van der Waals surface area (Å²) in [5.74, 6) is -0.903. The highest BCUT2D eigenvalue weighted by molar-refractivity contribution is 7.26. The molecule has 0 atom stereocenters. The smallest absolute Gasteiger partial charge is 0.132 e. The number of aromatic nitrogens is 1. The second-order valence-corrected chi connectivity index (χ2v) is 6.88. The maximum atomic E-state index is 14.5. The van der Waals surface area contributed by atoms with Crippen molar-refractivity contribution in [2.24, 2.45) is 0 Å². The van der Waals surface area contributed by atoms with Crippen LogP contribution in [0.4, 0.5) is 4.39 Å². The molecular formula is C20H16FNS. The van der Waals surface area contributed by atoms with E-state index in [1.807, 2.05) is 50.2 Å². The number of rotatable bonds is 2. The molecular weight excluding hydrogens is 305 g/mol. The maximum absolute atomic E-state index is 14.5. The number of pyridine rings is 1. The minimum atomic E-state index is -0.697. The lowest BCUT2D eigenvalue weighted by molar-refractivity contribution is 0.641. The van der Waals surface area contributed by atoms with Gasteiger partial charge in [-0.3, -0.25) is 4.98 Å². The van der Waals surface area contributed by atoms with Gasteiger partial charge in [-0.25, -0.2) is 4.39 Å². The molecule has 2 heterocycles. The number of fused-ring (bicyclic) bond motifs is 3. The summed E-state index contributed by atoms with van der Waals surface area (Å²) in [5, 5.41) is 1.60. The van der Waals surface area contributed by atoms with Gasteiger partial charge in [-0.15, -0.1) is 11.3 Å². The van der Waals surface area contributed by atoms with Crippen molar-refractivity contribution in [2.75, 3.05) is 0 Å². The fourth-order valence-electron chi connectivity index (χ4n) is 2.88. The van der Waals surface area contributed by atoms with Crippen LogP contribution in [-0.2, 0) is 0 Å². The van der Waals surface area contributed by atoms with Gasteiger partial charge in [0, 0.05) is 33.3 Å². The summed E-state index contributed by atoms with van der Waals surface area (Å²) >= 11 is 1.58. The molecule has 4 aromatic rings. The molecule has 0 radical (unpaired) electrons. The van der Waals surface area contributed by atoms with Crippen LogP contribution in [0, 0.1) is 5.82 Å². The summed E-state index contributed by atoms with van der Waals surface area (Å²) in [6.07, 6.45) is 1.73. The summed E-state index contributed by atoms with van der Waals surface area (Å²) in [5.41, 5.74) is 2.59. The first-order chi connectivity index (χ1) is 11.4. The van der Waals surface area contributed by atoms with Gasteiger partial charge in [0.05, 0.1) is 5.69 Å².